The highest BCUT2D eigenvalue weighted by Gasteiger charge is 2.06. The second-order valence-corrected chi connectivity index (χ2v) is 6.48. The number of aryl methyl sites for hydroxylation is 2. The van der Waals surface area contributed by atoms with Gasteiger partial charge in [0.2, 0.25) is 0 Å². The van der Waals surface area contributed by atoms with Crippen LogP contribution in [-0.2, 0) is 13.1 Å². The molecule has 26 heavy (non-hydrogen) atoms. The molecular formula is C22H22N2O2. The molecule has 0 amide bonds. The molecule has 0 bridgehead atoms. The van der Waals surface area contributed by atoms with Gasteiger partial charge in [-0.3, -0.25) is 13.9 Å². The van der Waals surface area contributed by atoms with Crippen molar-refractivity contribution in [2.24, 2.45) is 0 Å². The van der Waals surface area contributed by atoms with E-state index in [2.05, 4.69) is 6.07 Å². The molecule has 0 aliphatic heterocycles. The van der Waals surface area contributed by atoms with Gasteiger partial charge in [0.05, 0.1) is 6.54 Å². The van der Waals surface area contributed by atoms with Crippen molar-refractivity contribution in [2.45, 2.75) is 26.9 Å². The van der Waals surface area contributed by atoms with Crippen molar-refractivity contribution in [3.05, 3.63) is 110 Å². The highest BCUT2D eigenvalue weighted by atomic mass is 16.2. The summed E-state index contributed by atoms with van der Waals surface area (Å²) in [5.41, 5.74) is 3.69. The minimum atomic E-state index is -0.297. The molecule has 0 atom stereocenters. The van der Waals surface area contributed by atoms with Crippen LogP contribution >= 0.6 is 0 Å². The molecule has 0 aliphatic carbocycles. The van der Waals surface area contributed by atoms with E-state index in [0.29, 0.717) is 6.54 Å². The normalized spacial score (nSPS) is 11.2. The molecule has 4 heteroatoms. The van der Waals surface area contributed by atoms with E-state index in [4.69, 9.17) is 0 Å². The Morgan fingerprint density at radius 1 is 0.923 bits per heavy atom. The van der Waals surface area contributed by atoms with Crippen molar-refractivity contribution in [3.63, 3.8) is 0 Å². The topological polar surface area (TPSA) is 44.0 Å². The van der Waals surface area contributed by atoms with Crippen LogP contribution < -0.4 is 11.2 Å². The maximum Gasteiger partial charge on any atom is 0.331 e. The van der Waals surface area contributed by atoms with Crippen molar-refractivity contribution in [1.29, 1.82) is 0 Å². The number of aromatic nitrogens is 2. The van der Waals surface area contributed by atoms with Gasteiger partial charge in [0.1, 0.15) is 0 Å². The Hall–Kier alpha value is -3.14. The van der Waals surface area contributed by atoms with Gasteiger partial charge < -0.3 is 0 Å². The summed E-state index contributed by atoms with van der Waals surface area (Å²) in [5, 5.41) is 0. The van der Waals surface area contributed by atoms with Crippen LogP contribution in [0.3, 0.4) is 0 Å². The lowest BCUT2D eigenvalue weighted by molar-refractivity contribution is 0.618. The van der Waals surface area contributed by atoms with Gasteiger partial charge >= 0.3 is 5.69 Å². The lowest BCUT2D eigenvalue weighted by atomic mass is 10.1. The minimum absolute atomic E-state index is 0.280. The summed E-state index contributed by atoms with van der Waals surface area (Å²) < 4.78 is 2.83. The molecule has 0 unspecified atom stereocenters. The number of rotatable bonds is 5. The summed E-state index contributed by atoms with van der Waals surface area (Å²) in [4.78, 5) is 24.9. The van der Waals surface area contributed by atoms with E-state index in [-0.39, 0.29) is 17.8 Å². The van der Waals surface area contributed by atoms with Crippen LogP contribution in [0.1, 0.15) is 22.3 Å². The molecule has 0 saturated heterocycles. The van der Waals surface area contributed by atoms with E-state index in [0.717, 1.165) is 22.3 Å². The minimum Gasteiger partial charge on any atom is -0.297 e. The van der Waals surface area contributed by atoms with Crippen LogP contribution in [0.4, 0.5) is 0 Å². The zero-order chi connectivity index (χ0) is 18.5. The van der Waals surface area contributed by atoms with E-state index in [1.54, 1.807) is 10.8 Å². The van der Waals surface area contributed by atoms with E-state index >= 15 is 0 Å². The molecule has 132 valence electrons. The highest BCUT2D eigenvalue weighted by molar-refractivity contribution is 5.48. The summed E-state index contributed by atoms with van der Waals surface area (Å²) in [6.07, 6.45) is 5.44. The Morgan fingerprint density at radius 3 is 2.31 bits per heavy atom. The van der Waals surface area contributed by atoms with Gasteiger partial charge in [0.25, 0.3) is 5.56 Å². The Balaban J connectivity index is 1.85. The predicted molar refractivity (Wildman–Crippen MR) is 105 cm³/mol. The molecule has 1 aromatic heterocycles. The maximum absolute atomic E-state index is 12.7. The molecule has 0 spiro atoms. The van der Waals surface area contributed by atoms with Gasteiger partial charge in [-0.05, 0) is 25.0 Å². The van der Waals surface area contributed by atoms with Crippen molar-refractivity contribution < 1.29 is 0 Å². The summed E-state index contributed by atoms with van der Waals surface area (Å²) in [6.45, 7) is 4.72. The smallest absolute Gasteiger partial charge is 0.297 e. The third-order valence-corrected chi connectivity index (χ3v) is 4.17. The summed E-state index contributed by atoms with van der Waals surface area (Å²) in [7, 11) is 0. The molecule has 3 aromatic rings. The average Bonchev–Trinajstić information content (AvgIpc) is 2.61. The third kappa shape index (κ3) is 4.28. The molecule has 1 heterocycles. The lowest BCUT2D eigenvalue weighted by Gasteiger charge is -2.10. The summed E-state index contributed by atoms with van der Waals surface area (Å²) in [5.74, 6) is 0. The van der Waals surface area contributed by atoms with Crippen molar-refractivity contribution in [2.75, 3.05) is 0 Å². The van der Waals surface area contributed by atoms with Crippen molar-refractivity contribution >= 4 is 6.08 Å². The number of hydrogen-bond acceptors (Lipinski definition) is 2. The van der Waals surface area contributed by atoms with Crippen LogP contribution in [0.15, 0.2) is 76.5 Å². The molecule has 0 N–H and O–H groups in total. The first-order valence-electron chi connectivity index (χ1n) is 8.62. The molecular weight excluding hydrogens is 324 g/mol. The maximum atomic E-state index is 12.7. The van der Waals surface area contributed by atoms with Gasteiger partial charge in [0.15, 0.2) is 0 Å². The molecule has 3 rings (SSSR count). The molecule has 0 fully saturated rings. The van der Waals surface area contributed by atoms with Crippen LogP contribution in [0.2, 0.25) is 0 Å². The largest absolute Gasteiger partial charge is 0.331 e. The zero-order valence-corrected chi connectivity index (χ0v) is 15.1. The standard InChI is InChI=1S/C22H22N2O2/c1-17-13-18(2)15-20(14-17)16-24-21(25)10-12-23(22(24)26)11-6-9-19-7-4-3-5-8-19/h3-10,12-15H,11,16H2,1-2H3/b9-6+. The van der Waals surface area contributed by atoms with Crippen LogP contribution in [-0.4, -0.2) is 9.13 Å². The number of hydrogen-bond donors (Lipinski definition) is 0. The number of nitrogens with zero attached hydrogens (tertiary/aromatic N) is 2. The molecule has 4 nitrogen and oxygen atoms in total. The Kier molecular flexibility index (Phi) is 5.32. The van der Waals surface area contributed by atoms with Gasteiger partial charge in [-0.15, -0.1) is 0 Å². The highest BCUT2D eigenvalue weighted by Crippen LogP contribution is 2.09. The van der Waals surface area contributed by atoms with E-state index in [1.807, 2.05) is 68.5 Å². The van der Waals surface area contributed by atoms with E-state index < -0.39 is 0 Å². The van der Waals surface area contributed by atoms with E-state index in [9.17, 15) is 9.59 Å². The second kappa shape index (κ2) is 7.83. The fraction of sp³-hybridized carbons (Fsp3) is 0.182. The molecule has 2 aromatic carbocycles. The first-order valence-corrected chi connectivity index (χ1v) is 8.62. The first kappa shape index (κ1) is 17.7. The summed E-state index contributed by atoms with van der Waals surface area (Å²) in [6, 6.07) is 17.4. The second-order valence-electron chi connectivity index (χ2n) is 6.48. The van der Waals surface area contributed by atoms with Crippen LogP contribution in [0.25, 0.3) is 6.08 Å². The van der Waals surface area contributed by atoms with E-state index in [1.165, 1.54) is 10.6 Å². The summed E-state index contributed by atoms with van der Waals surface area (Å²) >= 11 is 0. The SMILES string of the molecule is Cc1cc(C)cc(Cn2c(=O)ccn(C/C=C/c3ccccc3)c2=O)c1. The predicted octanol–water partition coefficient (Wildman–Crippen LogP) is 3.39. The molecule has 0 saturated carbocycles. The Bertz CT molecular complexity index is 1020. The van der Waals surface area contributed by atoms with Gasteiger partial charge in [0, 0.05) is 18.8 Å². The third-order valence-electron chi connectivity index (χ3n) is 4.17. The quantitative estimate of drug-likeness (QED) is 0.711. The fourth-order valence-electron chi connectivity index (χ4n) is 3.05. The van der Waals surface area contributed by atoms with Crippen LogP contribution in [0.5, 0.6) is 0 Å². The van der Waals surface area contributed by atoms with Gasteiger partial charge in [-0.2, -0.15) is 0 Å². The zero-order valence-electron chi connectivity index (χ0n) is 15.1. The fourth-order valence-corrected chi connectivity index (χ4v) is 3.05. The number of allylic oxidation sites excluding steroid dienone is 1. The first-order chi connectivity index (χ1) is 12.5. The monoisotopic (exact) mass is 346 g/mol. The Morgan fingerprint density at radius 2 is 1.62 bits per heavy atom. The van der Waals surface area contributed by atoms with Gasteiger partial charge in [-0.25, -0.2) is 4.79 Å². The van der Waals surface area contributed by atoms with Crippen LogP contribution in [0, 0.1) is 13.8 Å². The lowest BCUT2D eigenvalue weighted by Crippen LogP contribution is -2.39. The average molecular weight is 346 g/mol. The molecule has 0 radical (unpaired) electrons. The number of benzene rings is 2. The van der Waals surface area contributed by atoms with Gasteiger partial charge in [-0.1, -0.05) is 71.8 Å². The molecule has 0 aliphatic rings. The van der Waals surface area contributed by atoms with Crippen molar-refractivity contribution in [3.8, 4) is 0 Å². The van der Waals surface area contributed by atoms with Crippen molar-refractivity contribution in [1.82, 2.24) is 9.13 Å². The Labute approximate surface area is 152 Å².